The summed E-state index contributed by atoms with van der Waals surface area (Å²) in [5.41, 5.74) is 7.09. The minimum Gasteiger partial charge on any atom is -0.496 e. The van der Waals surface area contributed by atoms with Gasteiger partial charge in [0, 0.05) is 11.6 Å². The predicted octanol–water partition coefficient (Wildman–Crippen LogP) is 3.69. The first-order chi connectivity index (χ1) is 7.63. The monoisotopic (exact) mass is 323 g/mol. The maximum atomic E-state index is 6.10. The van der Waals surface area contributed by atoms with Crippen LogP contribution < -0.4 is 15.2 Å². The maximum absolute atomic E-state index is 6.10. The Kier molecular flexibility index (Phi) is 7.59. The van der Waals surface area contributed by atoms with Crippen LogP contribution in [0.4, 0.5) is 0 Å². The van der Waals surface area contributed by atoms with Crippen LogP contribution >= 0.6 is 28.3 Å². The molecule has 0 aromatic heterocycles. The standard InChI is InChI=1S/C12H18BrNO2.ClH/c1-4-5-10(14)8-6-12(16-3)9(13)7-11(8)15-2;/h6-7,10H,4-5,14H2,1-3H3;1H/t10-;/m0./s1. The molecule has 1 aromatic rings. The summed E-state index contributed by atoms with van der Waals surface area (Å²) in [6.07, 6.45) is 1.98. The molecule has 0 unspecified atom stereocenters. The molecule has 1 rings (SSSR count). The molecule has 98 valence electrons. The SMILES string of the molecule is CCC[C@H](N)c1cc(OC)c(Br)cc1OC.Cl. The summed E-state index contributed by atoms with van der Waals surface area (Å²) in [6, 6.07) is 3.81. The second-order valence-corrected chi connectivity index (χ2v) is 4.48. The molecular weight excluding hydrogens is 305 g/mol. The van der Waals surface area contributed by atoms with E-state index < -0.39 is 0 Å². The predicted molar refractivity (Wildman–Crippen MR) is 76.3 cm³/mol. The van der Waals surface area contributed by atoms with Crippen molar-refractivity contribution >= 4 is 28.3 Å². The van der Waals surface area contributed by atoms with Crippen LogP contribution in [0.1, 0.15) is 31.4 Å². The molecule has 1 atom stereocenters. The van der Waals surface area contributed by atoms with E-state index in [1.54, 1.807) is 14.2 Å². The highest BCUT2D eigenvalue weighted by molar-refractivity contribution is 9.10. The largest absolute Gasteiger partial charge is 0.496 e. The van der Waals surface area contributed by atoms with Crippen molar-refractivity contribution in [3.05, 3.63) is 22.2 Å². The summed E-state index contributed by atoms with van der Waals surface area (Å²) >= 11 is 3.42. The van der Waals surface area contributed by atoms with Crippen molar-refractivity contribution in [3.8, 4) is 11.5 Å². The molecular formula is C12H19BrClNO2. The second kappa shape index (κ2) is 7.80. The Morgan fingerprint density at radius 3 is 2.29 bits per heavy atom. The van der Waals surface area contributed by atoms with E-state index in [0.29, 0.717) is 0 Å². The van der Waals surface area contributed by atoms with Gasteiger partial charge in [-0.15, -0.1) is 12.4 Å². The summed E-state index contributed by atoms with van der Waals surface area (Å²) in [4.78, 5) is 0. The third-order valence-electron chi connectivity index (χ3n) is 2.50. The van der Waals surface area contributed by atoms with Gasteiger partial charge in [-0.25, -0.2) is 0 Å². The summed E-state index contributed by atoms with van der Waals surface area (Å²) in [5, 5.41) is 0. The molecule has 0 saturated heterocycles. The maximum Gasteiger partial charge on any atom is 0.133 e. The molecule has 0 aliphatic heterocycles. The number of rotatable bonds is 5. The molecule has 0 radical (unpaired) electrons. The third kappa shape index (κ3) is 4.05. The number of methoxy groups -OCH3 is 2. The van der Waals surface area contributed by atoms with Gasteiger partial charge >= 0.3 is 0 Å². The topological polar surface area (TPSA) is 44.5 Å². The number of benzene rings is 1. The minimum absolute atomic E-state index is 0. The van der Waals surface area contributed by atoms with E-state index in [1.807, 2.05) is 12.1 Å². The van der Waals surface area contributed by atoms with E-state index in [0.717, 1.165) is 34.4 Å². The molecule has 2 N–H and O–H groups in total. The van der Waals surface area contributed by atoms with Crippen molar-refractivity contribution in [2.24, 2.45) is 5.73 Å². The molecule has 0 amide bonds. The number of hydrogen-bond donors (Lipinski definition) is 1. The minimum atomic E-state index is -0.0121. The van der Waals surface area contributed by atoms with Crippen molar-refractivity contribution in [1.82, 2.24) is 0 Å². The van der Waals surface area contributed by atoms with E-state index in [-0.39, 0.29) is 18.4 Å². The van der Waals surface area contributed by atoms with Gasteiger partial charge in [0.2, 0.25) is 0 Å². The van der Waals surface area contributed by atoms with Crippen LogP contribution in [0.3, 0.4) is 0 Å². The van der Waals surface area contributed by atoms with Gasteiger partial charge in [-0.3, -0.25) is 0 Å². The average Bonchev–Trinajstić information content (AvgIpc) is 2.28. The smallest absolute Gasteiger partial charge is 0.133 e. The lowest BCUT2D eigenvalue weighted by Gasteiger charge is -2.17. The zero-order valence-electron chi connectivity index (χ0n) is 10.3. The van der Waals surface area contributed by atoms with E-state index in [9.17, 15) is 0 Å². The van der Waals surface area contributed by atoms with Gasteiger partial charge < -0.3 is 15.2 Å². The van der Waals surface area contributed by atoms with Crippen molar-refractivity contribution in [2.75, 3.05) is 14.2 Å². The van der Waals surface area contributed by atoms with Crippen LogP contribution in [-0.2, 0) is 0 Å². The van der Waals surface area contributed by atoms with Gasteiger partial charge in [0.25, 0.3) is 0 Å². The van der Waals surface area contributed by atoms with E-state index in [2.05, 4.69) is 22.9 Å². The zero-order valence-corrected chi connectivity index (χ0v) is 12.7. The van der Waals surface area contributed by atoms with Gasteiger partial charge in [0.05, 0.1) is 18.7 Å². The van der Waals surface area contributed by atoms with Crippen LogP contribution in [0.25, 0.3) is 0 Å². The summed E-state index contributed by atoms with van der Waals surface area (Å²) in [5.74, 6) is 1.58. The lowest BCUT2D eigenvalue weighted by Crippen LogP contribution is -2.11. The molecule has 0 spiro atoms. The Morgan fingerprint density at radius 1 is 1.24 bits per heavy atom. The highest BCUT2D eigenvalue weighted by Gasteiger charge is 2.14. The lowest BCUT2D eigenvalue weighted by molar-refractivity contribution is 0.392. The molecule has 5 heteroatoms. The van der Waals surface area contributed by atoms with E-state index in [4.69, 9.17) is 15.2 Å². The van der Waals surface area contributed by atoms with E-state index in [1.165, 1.54) is 0 Å². The lowest BCUT2D eigenvalue weighted by atomic mass is 10.0. The van der Waals surface area contributed by atoms with E-state index >= 15 is 0 Å². The van der Waals surface area contributed by atoms with Gasteiger partial charge in [0.1, 0.15) is 11.5 Å². The first-order valence-electron chi connectivity index (χ1n) is 5.31. The summed E-state index contributed by atoms with van der Waals surface area (Å²) < 4.78 is 11.5. The molecule has 0 heterocycles. The van der Waals surface area contributed by atoms with Gasteiger partial charge in [-0.1, -0.05) is 13.3 Å². The highest BCUT2D eigenvalue weighted by Crippen LogP contribution is 2.36. The van der Waals surface area contributed by atoms with Crippen LogP contribution in [0.15, 0.2) is 16.6 Å². The number of halogens is 2. The van der Waals surface area contributed by atoms with Crippen molar-refractivity contribution < 1.29 is 9.47 Å². The Morgan fingerprint density at radius 2 is 1.82 bits per heavy atom. The molecule has 3 nitrogen and oxygen atoms in total. The van der Waals surface area contributed by atoms with Gasteiger partial charge in [0.15, 0.2) is 0 Å². The Hall–Kier alpha value is -0.450. The Bertz CT molecular complexity index is 361. The normalized spacial score (nSPS) is 11.6. The molecule has 0 saturated carbocycles. The number of ether oxygens (including phenoxy) is 2. The number of nitrogens with two attached hydrogens (primary N) is 1. The highest BCUT2D eigenvalue weighted by atomic mass is 79.9. The van der Waals surface area contributed by atoms with Crippen molar-refractivity contribution in [2.45, 2.75) is 25.8 Å². The molecule has 0 aliphatic carbocycles. The third-order valence-corrected chi connectivity index (χ3v) is 3.12. The van der Waals surface area contributed by atoms with Crippen LogP contribution in [0.2, 0.25) is 0 Å². The van der Waals surface area contributed by atoms with Gasteiger partial charge in [-0.05, 0) is 34.5 Å². The Labute approximate surface area is 117 Å². The molecule has 0 fully saturated rings. The molecule has 0 bridgehead atoms. The fourth-order valence-electron chi connectivity index (χ4n) is 1.64. The summed E-state index contributed by atoms with van der Waals surface area (Å²) in [6.45, 7) is 2.11. The fourth-order valence-corrected chi connectivity index (χ4v) is 2.12. The first kappa shape index (κ1) is 16.6. The van der Waals surface area contributed by atoms with Crippen LogP contribution in [-0.4, -0.2) is 14.2 Å². The average molecular weight is 325 g/mol. The van der Waals surface area contributed by atoms with Crippen molar-refractivity contribution in [3.63, 3.8) is 0 Å². The van der Waals surface area contributed by atoms with Crippen LogP contribution in [0.5, 0.6) is 11.5 Å². The summed E-state index contributed by atoms with van der Waals surface area (Å²) in [7, 11) is 3.29. The van der Waals surface area contributed by atoms with Crippen LogP contribution in [0, 0.1) is 0 Å². The molecule has 17 heavy (non-hydrogen) atoms. The second-order valence-electron chi connectivity index (χ2n) is 3.62. The quantitative estimate of drug-likeness (QED) is 0.898. The Balaban J connectivity index is 0.00000256. The van der Waals surface area contributed by atoms with Gasteiger partial charge in [-0.2, -0.15) is 0 Å². The molecule has 1 aromatic carbocycles. The number of hydrogen-bond acceptors (Lipinski definition) is 3. The first-order valence-corrected chi connectivity index (χ1v) is 6.10. The molecule has 0 aliphatic rings. The zero-order chi connectivity index (χ0) is 12.1. The van der Waals surface area contributed by atoms with Crippen molar-refractivity contribution in [1.29, 1.82) is 0 Å². The fraction of sp³-hybridized carbons (Fsp3) is 0.500.